The third-order valence-electron chi connectivity index (χ3n) is 1.93. The molecule has 1 atom stereocenters. The van der Waals surface area contributed by atoms with Crippen molar-refractivity contribution in [2.45, 2.75) is 32.4 Å². The number of rotatable bonds is 6. The van der Waals surface area contributed by atoms with Crippen LogP contribution in [0.3, 0.4) is 0 Å². The first kappa shape index (κ1) is 11.6. The van der Waals surface area contributed by atoms with Gasteiger partial charge in [0, 0.05) is 0 Å². The fourth-order valence-electron chi connectivity index (χ4n) is 1.21. The van der Waals surface area contributed by atoms with Crippen LogP contribution in [0.5, 0.6) is 0 Å². The molecule has 0 aliphatic carbocycles. The van der Waals surface area contributed by atoms with E-state index in [1.54, 1.807) is 7.05 Å². The van der Waals surface area contributed by atoms with E-state index in [1.807, 2.05) is 6.92 Å². The summed E-state index contributed by atoms with van der Waals surface area (Å²) in [7, 11) is 1.66. The summed E-state index contributed by atoms with van der Waals surface area (Å²) in [6, 6.07) is -0.543. The molecule has 1 aromatic heterocycles. The van der Waals surface area contributed by atoms with Crippen molar-refractivity contribution < 1.29 is 9.90 Å². The Kier molecular flexibility index (Phi) is 4.17. The van der Waals surface area contributed by atoms with Gasteiger partial charge in [-0.15, -0.1) is 10.2 Å². The number of carboxylic acids is 1. The zero-order chi connectivity index (χ0) is 11.3. The molecule has 7 nitrogen and oxygen atoms in total. The highest BCUT2D eigenvalue weighted by molar-refractivity contribution is 5.73. The Bertz CT molecular complexity index is 325. The van der Waals surface area contributed by atoms with Crippen LogP contribution in [0.1, 0.15) is 25.6 Å². The van der Waals surface area contributed by atoms with E-state index in [2.05, 4.69) is 20.7 Å². The lowest BCUT2D eigenvalue weighted by atomic mass is 10.2. The van der Waals surface area contributed by atoms with Gasteiger partial charge in [-0.1, -0.05) is 13.3 Å². The van der Waals surface area contributed by atoms with Gasteiger partial charge < -0.3 is 5.11 Å². The molecular formula is C8H15N5O2. The zero-order valence-electron chi connectivity index (χ0n) is 8.84. The monoisotopic (exact) mass is 213 g/mol. The molecular weight excluding hydrogens is 198 g/mol. The van der Waals surface area contributed by atoms with Crippen LogP contribution in [0.15, 0.2) is 0 Å². The predicted octanol–water partition coefficient (Wildman–Crippen LogP) is -0.447. The molecule has 0 aromatic carbocycles. The molecule has 2 N–H and O–H groups in total. The van der Waals surface area contributed by atoms with Crippen LogP contribution in [0.25, 0.3) is 0 Å². The Morgan fingerprint density at radius 3 is 2.87 bits per heavy atom. The van der Waals surface area contributed by atoms with Gasteiger partial charge in [0.2, 0.25) is 0 Å². The SMILES string of the molecule is CCCC(NCc1nnn(C)n1)C(=O)O. The Balaban J connectivity index is 2.43. The molecule has 1 rings (SSSR count). The number of nitrogens with zero attached hydrogens (tertiary/aromatic N) is 4. The number of nitrogens with one attached hydrogen (secondary N) is 1. The second-order valence-corrected chi connectivity index (χ2v) is 3.26. The van der Waals surface area contributed by atoms with Gasteiger partial charge in [-0.3, -0.25) is 10.1 Å². The highest BCUT2D eigenvalue weighted by atomic mass is 16.4. The number of aromatic nitrogens is 4. The van der Waals surface area contributed by atoms with Crippen molar-refractivity contribution in [1.29, 1.82) is 0 Å². The normalized spacial score (nSPS) is 12.7. The summed E-state index contributed by atoms with van der Waals surface area (Å²) in [6.45, 7) is 2.27. The van der Waals surface area contributed by atoms with Crippen molar-refractivity contribution in [2.24, 2.45) is 7.05 Å². The van der Waals surface area contributed by atoms with Gasteiger partial charge in [0.25, 0.3) is 0 Å². The van der Waals surface area contributed by atoms with Gasteiger partial charge in [0.1, 0.15) is 6.04 Å². The Hall–Kier alpha value is -1.50. The zero-order valence-corrected chi connectivity index (χ0v) is 8.84. The number of hydrogen-bond acceptors (Lipinski definition) is 5. The molecule has 1 unspecified atom stereocenters. The molecule has 0 aliphatic heterocycles. The highest BCUT2D eigenvalue weighted by Crippen LogP contribution is 1.97. The number of hydrogen-bond donors (Lipinski definition) is 2. The van der Waals surface area contributed by atoms with Gasteiger partial charge >= 0.3 is 5.97 Å². The Morgan fingerprint density at radius 1 is 1.67 bits per heavy atom. The maximum Gasteiger partial charge on any atom is 0.320 e. The average Bonchev–Trinajstić information content (AvgIpc) is 2.58. The summed E-state index contributed by atoms with van der Waals surface area (Å²) < 4.78 is 0. The van der Waals surface area contributed by atoms with Crippen LogP contribution >= 0.6 is 0 Å². The third kappa shape index (κ3) is 3.62. The van der Waals surface area contributed by atoms with Crippen molar-refractivity contribution >= 4 is 5.97 Å². The Labute approximate surface area is 87.5 Å². The number of aliphatic carboxylic acids is 1. The van der Waals surface area contributed by atoms with Gasteiger partial charge in [-0.2, -0.15) is 4.80 Å². The topological polar surface area (TPSA) is 92.9 Å². The number of carbonyl (C=O) groups is 1. The van der Waals surface area contributed by atoms with Crippen molar-refractivity contribution in [1.82, 2.24) is 25.5 Å². The molecule has 0 radical (unpaired) electrons. The largest absolute Gasteiger partial charge is 0.480 e. The minimum atomic E-state index is -0.847. The molecule has 0 saturated carbocycles. The molecule has 84 valence electrons. The van der Waals surface area contributed by atoms with Crippen molar-refractivity contribution in [3.05, 3.63) is 5.82 Å². The van der Waals surface area contributed by atoms with E-state index < -0.39 is 12.0 Å². The maximum absolute atomic E-state index is 10.8. The van der Waals surface area contributed by atoms with Crippen LogP contribution in [0, 0.1) is 0 Å². The minimum absolute atomic E-state index is 0.324. The van der Waals surface area contributed by atoms with E-state index in [9.17, 15) is 4.79 Å². The van der Waals surface area contributed by atoms with E-state index in [0.29, 0.717) is 18.8 Å². The Morgan fingerprint density at radius 2 is 2.40 bits per heavy atom. The summed E-state index contributed by atoms with van der Waals surface area (Å²) in [5.74, 6) is -0.347. The fourth-order valence-corrected chi connectivity index (χ4v) is 1.21. The molecule has 1 heterocycles. The second kappa shape index (κ2) is 5.40. The van der Waals surface area contributed by atoms with Crippen LogP contribution < -0.4 is 5.32 Å². The molecule has 1 aromatic rings. The third-order valence-corrected chi connectivity index (χ3v) is 1.93. The molecule has 0 spiro atoms. The molecule has 15 heavy (non-hydrogen) atoms. The molecule has 0 amide bonds. The molecule has 0 fully saturated rings. The number of aryl methyl sites for hydroxylation is 1. The van der Waals surface area contributed by atoms with Gasteiger partial charge in [0.15, 0.2) is 5.82 Å². The van der Waals surface area contributed by atoms with Crippen LogP contribution in [0.4, 0.5) is 0 Å². The van der Waals surface area contributed by atoms with E-state index in [1.165, 1.54) is 4.80 Å². The smallest absolute Gasteiger partial charge is 0.320 e. The van der Waals surface area contributed by atoms with E-state index >= 15 is 0 Å². The average molecular weight is 213 g/mol. The van der Waals surface area contributed by atoms with Crippen molar-refractivity contribution in [2.75, 3.05) is 0 Å². The predicted molar refractivity (Wildman–Crippen MR) is 52.0 cm³/mol. The standard InChI is InChI=1S/C8H15N5O2/c1-3-4-6(8(14)15)9-5-7-10-12-13(2)11-7/h6,9H,3-5H2,1-2H3,(H,14,15). The first-order valence-corrected chi connectivity index (χ1v) is 4.82. The molecule has 0 saturated heterocycles. The van der Waals surface area contributed by atoms with Crippen molar-refractivity contribution in [3.8, 4) is 0 Å². The van der Waals surface area contributed by atoms with Crippen LogP contribution in [-0.2, 0) is 18.4 Å². The summed E-state index contributed by atoms with van der Waals surface area (Å²) in [5, 5.41) is 23.1. The quantitative estimate of drug-likeness (QED) is 0.665. The van der Waals surface area contributed by atoms with E-state index in [4.69, 9.17) is 5.11 Å². The lowest BCUT2D eigenvalue weighted by Crippen LogP contribution is -2.36. The summed E-state index contributed by atoms with van der Waals surface area (Å²) >= 11 is 0. The molecule has 0 aliphatic rings. The second-order valence-electron chi connectivity index (χ2n) is 3.26. The first-order valence-electron chi connectivity index (χ1n) is 4.82. The molecule has 0 bridgehead atoms. The summed E-state index contributed by atoms with van der Waals surface area (Å²) in [6.07, 6.45) is 1.41. The van der Waals surface area contributed by atoms with E-state index in [0.717, 1.165) is 6.42 Å². The fraction of sp³-hybridized carbons (Fsp3) is 0.750. The van der Waals surface area contributed by atoms with Gasteiger partial charge in [0.05, 0.1) is 13.6 Å². The summed E-state index contributed by atoms with van der Waals surface area (Å²) in [4.78, 5) is 12.1. The minimum Gasteiger partial charge on any atom is -0.480 e. The summed E-state index contributed by atoms with van der Waals surface area (Å²) in [5.41, 5.74) is 0. The maximum atomic E-state index is 10.8. The number of carboxylic acid groups (broad SMARTS) is 1. The van der Waals surface area contributed by atoms with Gasteiger partial charge in [-0.25, -0.2) is 0 Å². The lowest BCUT2D eigenvalue weighted by Gasteiger charge is -2.11. The molecule has 7 heteroatoms. The van der Waals surface area contributed by atoms with Gasteiger partial charge in [-0.05, 0) is 11.6 Å². The number of tetrazole rings is 1. The highest BCUT2D eigenvalue weighted by Gasteiger charge is 2.15. The lowest BCUT2D eigenvalue weighted by molar-refractivity contribution is -0.139. The van der Waals surface area contributed by atoms with Crippen molar-refractivity contribution in [3.63, 3.8) is 0 Å². The van der Waals surface area contributed by atoms with E-state index in [-0.39, 0.29) is 0 Å². The van der Waals surface area contributed by atoms with Crippen LogP contribution in [0.2, 0.25) is 0 Å². The van der Waals surface area contributed by atoms with Crippen LogP contribution in [-0.4, -0.2) is 37.3 Å². The first-order chi connectivity index (χ1) is 7.13.